The van der Waals surface area contributed by atoms with Crippen LogP contribution in [0.25, 0.3) is 0 Å². The predicted octanol–water partition coefficient (Wildman–Crippen LogP) is 1.36. The summed E-state index contributed by atoms with van der Waals surface area (Å²) in [5, 5.41) is 5.69. The molecule has 1 atom stereocenters. The maximum atomic E-state index is 12.0. The van der Waals surface area contributed by atoms with Gasteiger partial charge in [0.05, 0.1) is 19.4 Å². The van der Waals surface area contributed by atoms with E-state index in [0.717, 1.165) is 5.69 Å². The molecule has 20 heavy (non-hydrogen) atoms. The van der Waals surface area contributed by atoms with Crippen LogP contribution in [0.2, 0.25) is 0 Å². The molecule has 0 aliphatic carbocycles. The predicted molar refractivity (Wildman–Crippen MR) is 73.4 cm³/mol. The van der Waals surface area contributed by atoms with Gasteiger partial charge in [-0.15, -0.1) is 0 Å². The topological polar surface area (TPSA) is 68.2 Å². The molecule has 0 unspecified atom stereocenters. The minimum absolute atomic E-state index is 0.181. The zero-order chi connectivity index (χ0) is 14.5. The first-order chi connectivity index (χ1) is 9.67. The minimum atomic E-state index is -0.633. The average molecular weight is 276 g/mol. The van der Waals surface area contributed by atoms with Crippen LogP contribution in [0.15, 0.2) is 35.4 Å². The maximum Gasteiger partial charge on any atom is 0.354 e. The summed E-state index contributed by atoms with van der Waals surface area (Å²) in [6.45, 7) is 2.02. The van der Waals surface area contributed by atoms with Gasteiger partial charge in [0.25, 0.3) is 0 Å². The van der Waals surface area contributed by atoms with Gasteiger partial charge in [-0.25, -0.2) is 9.59 Å². The van der Waals surface area contributed by atoms with Gasteiger partial charge in [-0.2, -0.15) is 5.10 Å². The molecule has 6 heteroatoms. The summed E-state index contributed by atoms with van der Waals surface area (Å²) in [6.07, 6.45) is 0.181. The van der Waals surface area contributed by atoms with Gasteiger partial charge in [0.2, 0.25) is 0 Å². The fraction of sp³-hybridized carbons (Fsp3) is 0.357. The van der Waals surface area contributed by atoms with Crippen molar-refractivity contribution in [1.82, 2.24) is 0 Å². The van der Waals surface area contributed by atoms with Crippen molar-refractivity contribution in [1.29, 1.82) is 0 Å². The average Bonchev–Trinajstić information content (AvgIpc) is 2.93. The van der Waals surface area contributed by atoms with Gasteiger partial charge >= 0.3 is 11.9 Å². The van der Waals surface area contributed by atoms with E-state index >= 15 is 0 Å². The van der Waals surface area contributed by atoms with Crippen molar-refractivity contribution in [3.63, 3.8) is 0 Å². The van der Waals surface area contributed by atoms with Crippen LogP contribution in [0, 0.1) is 0 Å². The molecule has 0 radical (unpaired) electrons. The third kappa shape index (κ3) is 2.79. The SMILES string of the molecule is CCOC(=O)[C@@H]1CC(C(=O)OC)=NN1c1ccccc1. The number of para-hydroxylation sites is 1. The molecule has 1 aliphatic heterocycles. The first-order valence-corrected chi connectivity index (χ1v) is 6.34. The number of esters is 2. The van der Waals surface area contributed by atoms with Gasteiger partial charge in [-0.05, 0) is 19.1 Å². The van der Waals surface area contributed by atoms with E-state index in [-0.39, 0.29) is 18.7 Å². The number of benzene rings is 1. The fourth-order valence-corrected chi connectivity index (χ4v) is 1.99. The van der Waals surface area contributed by atoms with E-state index in [4.69, 9.17) is 4.74 Å². The van der Waals surface area contributed by atoms with Crippen molar-refractivity contribution in [2.45, 2.75) is 19.4 Å². The van der Waals surface area contributed by atoms with E-state index in [1.807, 2.05) is 30.3 Å². The van der Waals surface area contributed by atoms with Gasteiger partial charge in [-0.3, -0.25) is 5.01 Å². The molecule has 1 heterocycles. The van der Waals surface area contributed by atoms with Gasteiger partial charge < -0.3 is 9.47 Å². The Kier molecular flexibility index (Phi) is 4.34. The standard InChI is InChI=1S/C14H16N2O4/c1-3-20-14(18)12-9-11(13(17)19-2)15-16(12)10-7-5-4-6-8-10/h4-8,12H,3,9H2,1-2H3/t12-/m0/s1. The number of hydrogen-bond acceptors (Lipinski definition) is 6. The van der Waals surface area contributed by atoms with Gasteiger partial charge in [0, 0.05) is 6.42 Å². The highest BCUT2D eigenvalue weighted by Gasteiger charge is 2.37. The van der Waals surface area contributed by atoms with Crippen molar-refractivity contribution in [2.24, 2.45) is 5.10 Å². The second kappa shape index (κ2) is 6.18. The fourth-order valence-electron chi connectivity index (χ4n) is 1.99. The molecule has 6 nitrogen and oxygen atoms in total. The third-order valence-electron chi connectivity index (χ3n) is 2.91. The van der Waals surface area contributed by atoms with E-state index in [9.17, 15) is 9.59 Å². The molecule has 0 saturated carbocycles. The normalized spacial score (nSPS) is 17.6. The van der Waals surface area contributed by atoms with Crippen LogP contribution in [-0.2, 0) is 19.1 Å². The van der Waals surface area contributed by atoms with Crippen LogP contribution in [0.3, 0.4) is 0 Å². The van der Waals surface area contributed by atoms with Crippen molar-refractivity contribution < 1.29 is 19.1 Å². The highest BCUT2D eigenvalue weighted by molar-refractivity contribution is 6.38. The van der Waals surface area contributed by atoms with E-state index in [0.29, 0.717) is 0 Å². The summed E-state index contributed by atoms with van der Waals surface area (Å²) < 4.78 is 9.69. The number of hydrogen-bond donors (Lipinski definition) is 0. The number of rotatable bonds is 4. The Morgan fingerprint density at radius 2 is 2.05 bits per heavy atom. The van der Waals surface area contributed by atoms with E-state index in [2.05, 4.69) is 9.84 Å². The lowest BCUT2D eigenvalue weighted by Gasteiger charge is -2.21. The van der Waals surface area contributed by atoms with Crippen LogP contribution < -0.4 is 5.01 Å². The minimum Gasteiger partial charge on any atom is -0.464 e. The summed E-state index contributed by atoms with van der Waals surface area (Å²) in [4.78, 5) is 23.6. The molecule has 2 rings (SSSR count). The Morgan fingerprint density at radius 3 is 2.65 bits per heavy atom. The first-order valence-electron chi connectivity index (χ1n) is 6.34. The molecule has 0 N–H and O–H groups in total. The molecule has 0 fully saturated rings. The molecule has 0 bridgehead atoms. The second-order valence-corrected chi connectivity index (χ2v) is 4.19. The van der Waals surface area contributed by atoms with Gasteiger partial charge in [0.15, 0.2) is 6.04 Å². The number of ether oxygens (including phenoxy) is 2. The zero-order valence-corrected chi connectivity index (χ0v) is 11.4. The van der Waals surface area contributed by atoms with Crippen LogP contribution in [0.4, 0.5) is 5.69 Å². The van der Waals surface area contributed by atoms with E-state index < -0.39 is 18.0 Å². The molecule has 1 aliphatic rings. The molecule has 0 spiro atoms. The zero-order valence-electron chi connectivity index (χ0n) is 11.4. The van der Waals surface area contributed by atoms with Crippen LogP contribution in [-0.4, -0.2) is 37.4 Å². The molecule has 0 saturated heterocycles. The smallest absolute Gasteiger partial charge is 0.354 e. The lowest BCUT2D eigenvalue weighted by atomic mass is 10.1. The molecule has 1 aromatic carbocycles. The summed E-state index contributed by atoms with van der Waals surface area (Å²) in [5.41, 5.74) is 0.943. The van der Waals surface area contributed by atoms with Crippen molar-refractivity contribution in [2.75, 3.05) is 18.7 Å². The van der Waals surface area contributed by atoms with Crippen LogP contribution in [0.1, 0.15) is 13.3 Å². The quantitative estimate of drug-likeness (QED) is 0.777. The Bertz CT molecular complexity index is 527. The molecule has 0 aromatic heterocycles. The number of nitrogens with zero attached hydrogens (tertiary/aromatic N) is 2. The van der Waals surface area contributed by atoms with Crippen molar-refractivity contribution in [3.8, 4) is 0 Å². The molecule has 0 amide bonds. The van der Waals surface area contributed by atoms with Gasteiger partial charge in [0.1, 0.15) is 5.71 Å². The summed E-state index contributed by atoms with van der Waals surface area (Å²) in [6, 6.07) is 8.54. The first kappa shape index (κ1) is 14.0. The number of carbonyl (C=O) groups is 2. The Hall–Kier alpha value is -2.37. The number of methoxy groups -OCH3 is 1. The Morgan fingerprint density at radius 1 is 1.35 bits per heavy atom. The highest BCUT2D eigenvalue weighted by atomic mass is 16.5. The number of hydrazone groups is 1. The Labute approximate surface area is 117 Å². The largest absolute Gasteiger partial charge is 0.464 e. The lowest BCUT2D eigenvalue weighted by Crippen LogP contribution is -2.36. The third-order valence-corrected chi connectivity index (χ3v) is 2.91. The summed E-state index contributed by atoms with van der Waals surface area (Å²) in [7, 11) is 1.29. The van der Waals surface area contributed by atoms with Gasteiger partial charge in [-0.1, -0.05) is 18.2 Å². The molecular weight excluding hydrogens is 260 g/mol. The van der Waals surface area contributed by atoms with Crippen molar-refractivity contribution in [3.05, 3.63) is 30.3 Å². The number of carbonyl (C=O) groups excluding carboxylic acids is 2. The molecular formula is C14H16N2O4. The molecule has 106 valence electrons. The van der Waals surface area contributed by atoms with Crippen LogP contribution >= 0.6 is 0 Å². The lowest BCUT2D eigenvalue weighted by molar-refractivity contribution is -0.144. The van der Waals surface area contributed by atoms with Crippen molar-refractivity contribution >= 4 is 23.3 Å². The molecule has 1 aromatic rings. The van der Waals surface area contributed by atoms with E-state index in [1.165, 1.54) is 12.1 Å². The number of anilines is 1. The Balaban J connectivity index is 2.29. The maximum absolute atomic E-state index is 12.0. The highest BCUT2D eigenvalue weighted by Crippen LogP contribution is 2.25. The second-order valence-electron chi connectivity index (χ2n) is 4.19. The summed E-state index contributed by atoms with van der Waals surface area (Å²) >= 11 is 0. The summed E-state index contributed by atoms with van der Waals surface area (Å²) in [5.74, 6) is -0.934. The monoisotopic (exact) mass is 276 g/mol. The van der Waals surface area contributed by atoms with Crippen LogP contribution in [0.5, 0.6) is 0 Å². The van der Waals surface area contributed by atoms with E-state index in [1.54, 1.807) is 6.92 Å².